The van der Waals surface area contributed by atoms with Crippen LogP contribution in [0.3, 0.4) is 0 Å². The highest BCUT2D eigenvalue weighted by molar-refractivity contribution is 5.80. The lowest BCUT2D eigenvalue weighted by Gasteiger charge is -2.24. The number of likely N-dealkylation sites (tertiary alicyclic amines) is 1. The maximum Gasteiger partial charge on any atom is 0.193 e. The first-order valence-electron chi connectivity index (χ1n) is 9.69. The Hall–Kier alpha value is -0.770. The van der Waals surface area contributed by atoms with Crippen LogP contribution in [-0.2, 0) is 0 Å². The Morgan fingerprint density at radius 1 is 1.26 bits per heavy atom. The van der Waals surface area contributed by atoms with Crippen molar-refractivity contribution in [2.24, 2.45) is 16.8 Å². The van der Waals surface area contributed by atoms with E-state index in [0.29, 0.717) is 6.04 Å². The third-order valence-electron chi connectivity index (χ3n) is 5.55. The summed E-state index contributed by atoms with van der Waals surface area (Å²) in [6.45, 7) is 13.7. The van der Waals surface area contributed by atoms with E-state index in [1.54, 1.807) is 0 Å². The van der Waals surface area contributed by atoms with Gasteiger partial charge in [-0.05, 0) is 58.5 Å². The van der Waals surface area contributed by atoms with Crippen molar-refractivity contribution in [3.05, 3.63) is 0 Å². The standard InChI is InChI=1S/C19H40N4/c1-7-17(8-2)18-11-14-23(15-18)19(20-5)21-12-9-10-13-22(6)16(3)4/h16-18H,7-15H2,1-6H3,(H,20,21). The predicted octanol–water partition coefficient (Wildman–Crippen LogP) is 3.44. The van der Waals surface area contributed by atoms with Crippen molar-refractivity contribution in [1.29, 1.82) is 0 Å². The Kier molecular flexibility index (Phi) is 9.61. The molecule has 1 saturated heterocycles. The minimum Gasteiger partial charge on any atom is -0.356 e. The van der Waals surface area contributed by atoms with Crippen LogP contribution in [0.2, 0.25) is 0 Å². The van der Waals surface area contributed by atoms with Crippen LogP contribution < -0.4 is 5.32 Å². The normalized spacial score (nSPS) is 19.4. The molecular formula is C19H40N4. The van der Waals surface area contributed by atoms with Gasteiger partial charge in [0, 0.05) is 32.7 Å². The van der Waals surface area contributed by atoms with Gasteiger partial charge < -0.3 is 15.1 Å². The van der Waals surface area contributed by atoms with Crippen molar-refractivity contribution in [1.82, 2.24) is 15.1 Å². The summed E-state index contributed by atoms with van der Waals surface area (Å²) in [5.74, 6) is 2.84. The van der Waals surface area contributed by atoms with Gasteiger partial charge in [0.25, 0.3) is 0 Å². The third kappa shape index (κ3) is 6.70. The van der Waals surface area contributed by atoms with Gasteiger partial charge in [-0.2, -0.15) is 0 Å². The summed E-state index contributed by atoms with van der Waals surface area (Å²) in [7, 11) is 4.12. The van der Waals surface area contributed by atoms with Crippen LogP contribution >= 0.6 is 0 Å². The number of guanidine groups is 1. The molecule has 0 aromatic carbocycles. The summed E-state index contributed by atoms with van der Waals surface area (Å²) in [4.78, 5) is 9.37. The minimum atomic E-state index is 0.641. The molecule has 4 heteroatoms. The first-order chi connectivity index (χ1) is 11.0. The summed E-state index contributed by atoms with van der Waals surface area (Å²) < 4.78 is 0. The van der Waals surface area contributed by atoms with E-state index < -0.39 is 0 Å². The molecule has 0 spiro atoms. The fourth-order valence-electron chi connectivity index (χ4n) is 3.60. The fourth-order valence-corrected chi connectivity index (χ4v) is 3.60. The van der Waals surface area contributed by atoms with Gasteiger partial charge in [-0.25, -0.2) is 0 Å². The third-order valence-corrected chi connectivity index (χ3v) is 5.55. The highest BCUT2D eigenvalue weighted by atomic mass is 15.3. The maximum absolute atomic E-state index is 4.50. The fraction of sp³-hybridized carbons (Fsp3) is 0.947. The van der Waals surface area contributed by atoms with Gasteiger partial charge in [-0.3, -0.25) is 4.99 Å². The van der Waals surface area contributed by atoms with E-state index in [-0.39, 0.29) is 0 Å². The number of hydrogen-bond acceptors (Lipinski definition) is 2. The summed E-state index contributed by atoms with van der Waals surface area (Å²) in [5.41, 5.74) is 0. The number of nitrogens with zero attached hydrogens (tertiary/aromatic N) is 3. The van der Waals surface area contributed by atoms with Crippen molar-refractivity contribution in [2.45, 2.75) is 65.8 Å². The number of rotatable bonds is 9. The second-order valence-corrected chi connectivity index (χ2v) is 7.33. The summed E-state index contributed by atoms with van der Waals surface area (Å²) >= 11 is 0. The average molecular weight is 325 g/mol. The molecule has 23 heavy (non-hydrogen) atoms. The van der Waals surface area contributed by atoms with Gasteiger partial charge in [0.05, 0.1) is 0 Å². The molecule has 1 aliphatic heterocycles. The van der Waals surface area contributed by atoms with Crippen molar-refractivity contribution < 1.29 is 0 Å². The lowest BCUT2D eigenvalue weighted by atomic mass is 9.87. The molecule has 1 rings (SSSR count). The summed E-state index contributed by atoms with van der Waals surface area (Å²) in [6.07, 6.45) is 6.40. The molecule has 1 heterocycles. The molecular weight excluding hydrogens is 284 g/mol. The maximum atomic E-state index is 4.50. The van der Waals surface area contributed by atoms with Crippen molar-refractivity contribution >= 4 is 5.96 Å². The molecule has 136 valence electrons. The Morgan fingerprint density at radius 3 is 2.52 bits per heavy atom. The van der Waals surface area contributed by atoms with E-state index in [1.807, 2.05) is 7.05 Å². The molecule has 1 N–H and O–H groups in total. The molecule has 1 aliphatic rings. The Bertz CT molecular complexity index is 336. The summed E-state index contributed by atoms with van der Waals surface area (Å²) in [6, 6.07) is 0.641. The molecule has 0 bridgehead atoms. The van der Waals surface area contributed by atoms with E-state index in [4.69, 9.17) is 0 Å². The molecule has 1 atom stereocenters. The van der Waals surface area contributed by atoms with Gasteiger partial charge >= 0.3 is 0 Å². The number of aliphatic imine (C=N–C) groups is 1. The van der Waals surface area contributed by atoms with E-state index in [2.05, 4.69) is 54.9 Å². The lowest BCUT2D eigenvalue weighted by Crippen LogP contribution is -2.41. The molecule has 1 unspecified atom stereocenters. The zero-order valence-electron chi connectivity index (χ0n) is 16.4. The van der Waals surface area contributed by atoms with Gasteiger partial charge in [0.1, 0.15) is 0 Å². The van der Waals surface area contributed by atoms with E-state index in [0.717, 1.165) is 30.9 Å². The molecule has 0 amide bonds. The van der Waals surface area contributed by atoms with Crippen LogP contribution in [0, 0.1) is 11.8 Å². The Balaban J connectivity index is 2.28. The quantitative estimate of drug-likeness (QED) is 0.400. The van der Waals surface area contributed by atoms with Crippen LogP contribution in [0.25, 0.3) is 0 Å². The van der Waals surface area contributed by atoms with Gasteiger partial charge in [-0.1, -0.05) is 26.7 Å². The average Bonchev–Trinajstić information content (AvgIpc) is 3.01. The molecule has 0 aliphatic carbocycles. The zero-order valence-corrected chi connectivity index (χ0v) is 16.4. The predicted molar refractivity (Wildman–Crippen MR) is 102 cm³/mol. The van der Waals surface area contributed by atoms with Crippen LogP contribution in [0.1, 0.15) is 59.8 Å². The molecule has 0 saturated carbocycles. The first-order valence-corrected chi connectivity index (χ1v) is 9.69. The van der Waals surface area contributed by atoms with Crippen LogP contribution in [-0.4, -0.2) is 62.1 Å². The Morgan fingerprint density at radius 2 is 1.96 bits per heavy atom. The summed E-state index contributed by atoms with van der Waals surface area (Å²) in [5, 5.41) is 3.57. The van der Waals surface area contributed by atoms with Crippen LogP contribution in [0.5, 0.6) is 0 Å². The van der Waals surface area contributed by atoms with E-state index in [9.17, 15) is 0 Å². The molecule has 0 radical (unpaired) electrons. The minimum absolute atomic E-state index is 0.641. The van der Waals surface area contributed by atoms with Crippen LogP contribution in [0.15, 0.2) is 4.99 Å². The van der Waals surface area contributed by atoms with E-state index >= 15 is 0 Å². The zero-order chi connectivity index (χ0) is 17.2. The molecule has 0 aromatic rings. The van der Waals surface area contributed by atoms with Crippen molar-refractivity contribution in [3.63, 3.8) is 0 Å². The van der Waals surface area contributed by atoms with Crippen LogP contribution in [0.4, 0.5) is 0 Å². The number of unbranched alkanes of at least 4 members (excludes halogenated alkanes) is 1. The number of nitrogens with one attached hydrogen (secondary N) is 1. The second kappa shape index (κ2) is 10.9. The van der Waals surface area contributed by atoms with Gasteiger partial charge in [0.15, 0.2) is 5.96 Å². The number of hydrogen-bond donors (Lipinski definition) is 1. The SMILES string of the molecule is CCC(CC)C1CCN(C(=NC)NCCCCN(C)C(C)C)C1. The second-order valence-electron chi connectivity index (χ2n) is 7.33. The lowest BCUT2D eigenvalue weighted by molar-refractivity contribution is 0.268. The van der Waals surface area contributed by atoms with E-state index in [1.165, 1.54) is 45.2 Å². The van der Waals surface area contributed by atoms with Gasteiger partial charge in [0.2, 0.25) is 0 Å². The first kappa shape index (κ1) is 20.3. The molecule has 0 aromatic heterocycles. The van der Waals surface area contributed by atoms with Crippen molar-refractivity contribution in [3.8, 4) is 0 Å². The smallest absolute Gasteiger partial charge is 0.193 e. The monoisotopic (exact) mass is 324 g/mol. The largest absolute Gasteiger partial charge is 0.356 e. The van der Waals surface area contributed by atoms with Gasteiger partial charge in [-0.15, -0.1) is 0 Å². The highest BCUT2D eigenvalue weighted by Crippen LogP contribution is 2.28. The van der Waals surface area contributed by atoms with Crippen molar-refractivity contribution in [2.75, 3.05) is 40.3 Å². The Labute approximate surface area is 144 Å². The molecule has 4 nitrogen and oxygen atoms in total. The highest BCUT2D eigenvalue weighted by Gasteiger charge is 2.29. The topological polar surface area (TPSA) is 30.9 Å². The molecule has 1 fully saturated rings.